The molecule has 1 aliphatic rings. The highest BCUT2D eigenvalue weighted by molar-refractivity contribution is 5.76. The standard InChI is InChI=1S/C21H26N4/c1-3-25-19-7-5-4-6-18(19)23-21(25)20(24-14-12-22-13-15-24)17-10-8-16(2)9-11-17/h4-11,20,22H,3,12-15H2,1-2H3. The fourth-order valence-electron chi connectivity index (χ4n) is 3.85. The molecule has 0 radical (unpaired) electrons. The molecule has 4 rings (SSSR count). The highest BCUT2D eigenvalue weighted by Gasteiger charge is 2.28. The molecule has 0 amide bonds. The van der Waals surface area contributed by atoms with Crippen molar-refractivity contribution in [1.29, 1.82) is 0 Å². The highest BCUT2D eigenvalue weighted by Crippen LogP contribution is 2.31. The summed E-state index contributed by atoms with van der Waals surface area (Å²) in [5.74, 6) is 1.16. The van der Waals surface area contributed by atoms with Gasteiger partial charge in [0.1, 0.15) is 5.82 Å². The van der Waals surface area contributed by atoms with E-state index in [1.807, 2.05) is 0 Å². The molecule has 0 bridgehead atoms. The number of fused-ring (bicyclic) bond motifs is 1. The first-order chi connectivity index (χ1) is 12.3. The SMILES string of the molecule is CCn1c(C(c2ccc(C)cc2)N2CCNCC2)nc2ccccc21. The Bertz CT molecular complexity index is 844. The van der Waals surface area contributed by atoms with Crippen molar-refractivity contribution in [3.05, 3.63) is 65.5 Å². The Kier molecular flexibility index (Phi) is 4.55. The maximum Gasteiger partial charge on any atom is 0.131 e. The zero-order valence-corrected chi connectivity index (χ0v) is 15.1. The fourth-order valence-corrected chi connectivity index (χ4v) is 3.85. The smallest absolute Gasteiger partial charge is 0.131 e. The van der Waals surface area contributed by atoms with E-state index in [-0.39, 0.29) is 6.04 Å². The Morgan fingerprint density at radius 1 is 1.04 bits per heavy atom. The molecule has 1 atom stereocenters. The maximum atomic E-state index is 5.06. The largest absolute Gasteiger partial charge is 0.327 e. The van der Waals surface area contributed by atoms with Crippen molar-refractivity contribution in [2.45, 2.75) is 26.4 Å². The number of piperazine rings is 1. The van der Waals surface area contributed by atoms with E-state index in [1.165, 1.54) is 16.6 Å². The Labute approximate surface area is 149 Å². The second-order valence-electron chi connectivity index (χ2n) is 6.80. The molecule has 1 aromatic heterocycles. The van der Waals surface area contributed by atoms with Gasteiger partial charge in [0.15, 0.2) is 0 Å². The third kappa shape index (κ3) is 3.08. The molecule has 3 aromatic rings. The van der Waals surface area contributed by atoms with Crippen molar-refractivity contribution in [3.8, 4) is 0 Å². The summed E-state index contributed by atoms with van der Waals surface area (Å²) in [6, 6.07) is 17.6. The lowest BCUT2D eigenvalue weighted by Crippen LogP contribution is -2.46. The van der Waals surface area contributed by atoms with Gasteiger partial charge in [-0.3, -0.25) is 4.90 Å². The predicted octanol–water partition coefficient (Wildman–Crippen LogP) is 3.36. The molecular formula is C21H26N4. The van der Waals surface area contributed by atoms with Gasteiger partial charge >= 0.3 is 0 Å². The molecule has 1 saturated heterocycles. The first-order valence-corrected chi connectivity index (χ1v) is 9.24. The average Bonchev–Trinajstić information content (AvgIpc) is 3.02. The van der Waals surface area contributed by atoms with Crippen molar-refractivity contribution >= 4 is 11.0 Å². The van der Waals surface area contributed by atoms with Crippen LogP contribution < -0.4 is 5.32 Å². The van der Waals surface area contributed by atoms with Crippen LogP contribution in [0.15, 0.2) is 48.5 Å². The van der Waals surface area contributed by atoms with E-state index in [9.17, 15) is 0 Å². The third-order valence-corrected chi connectivity index (χ3v) is 5.15. The number of nitrogens with zero attached hydrogens (tertiary/aromatic N) is 3. The number of para-hydroxylation sites is 2. The van der Waals surface area contributed by atoms with Crippen LogP contribution in [-0.4, -0.2) is 40.6 Å². The molecule has 2 heterocycles. The Balaban J connectivity index is 1.86. The normalized spacial score (nSPS) is 17.0. The van der Waals surface area contributed by atoms with Gasteiger partial charge in [0.2, 0.25) is 0 Å². The van der Waals surface area contributed by atoms with Crippen LogP contribution in [-0.2, 0) is 6.54 Å². The molecule has 0 aliphatic carbocycles. The van der Waals surface area contributed by atoms with Gasteiger partial charge in [-0.25, -0.2) is 4.98 Å². The second-order valence-corrected chi connectivity index (χ2v) is 6.80. The first-order valence-electron chi connectivity index (χ1n) is 9.24. The molecule has 0 spiro atoms. The minimum absolute atomic E-state index is 0.204. The van der Waals surface area contributed by atoms with Crippen molar-refractivity contribution in [2.24, 2.45) is 0 Å². The molecule has 4 heteroatoms. The van der Waals surface area contributed by atoms with E-state index in [1.54, 1.807) is 0 Å². The van der Waals surface area contributed by atoms with Gasteiger partial charge in [-0.1, -0.05) is 42.0 Å². The van der Waals surface area contributed by atoms with Gasteiger partial charge < -0.3 is 9.88 Å². The van der Waals surface area contributed by atoms with E-state index in [4.69, 9.17) is 4.98 Å². The molecule has 1 unspecified atom stereocenters. The number of hydrogen-bond donors (Lipinski definition) is 1. The summed E-state index contributed by atoms with van der Waals surface area (Å²) in [5.41, 5.74) is 4.95. The zero-order chi connectivity index (χ0) is 17.2. The van der Waals surface area contributed by atoms with Gasteiger partial charge in [-0.05, 0) is 31.5 Å². The number of aromatic nitrogens is 2. The Morgan fingerprint density at radius 3 is 2.48 bits per heavy atom. The van der Waals surface area contributed by atoms with Crippen LogP contribution in [0.4, 0.5) is 0 Å². The van der Waals surface area contributed by atoms with E-state index in [0.717, 1.165) is 44.1 Å². The van der Waals surface area contributed by atoms with Crippen LogP contribution in [0.1, 0.15) is 29.9 Å². The van der Waals surface area contributed by atoms with E-state index in [0.29, 0.717) is 0 Å². The van der Waals surface area contributed by atoms with Gasteiger partial charge in [-0.2, -0.15) is 0 Å². The van der Waals surface area contributed by atoms with E-state index >= 15 is 0 Å². The highest BCUT2D eigenvalue weighted by atomic mass is 15.2. The average molecular weight is 334 g/mol. The van der Waals surface area contributed by atoms with Crippen LogP contribution in [0.2, 0.25) is 0 Å². The number of benzene rings is 2. The van der Waals surface area contributed by atoms with Crippen molar-refractivity contribution in [3.63, 3.8) is 0 Å². The van der Waals surface area contributed by atoms with Gasteiger partial charge in [0.25, 0.3) is 0 Å². The number of aryl methyl sites for hydroxylation is 2. The number of hydrogen-bond acceptors (Lipinski definition) is 3. The molecule has 1 fully saturated rings. The van der Waals surface area contributed by atoms with Crippen LogP contribution in [0.25, 0.3) is 11.0 Å². The zero-order valence-electron chi connectivity index (χ0n) is 15.1. The minimum Gasteiger partial charge on any atom is -0.327 e. The summed E-state index contributed by atoms with van der Waals surface area (Å²) in [7, 11) is 0. The molecule has 2 aromatic carbocycles. The molecule has 130 valence electrons. The van der Waals surface area contributed by atoms with E-state index < -0.39 is 0 Å². The van der Waals surface area contributed by atoms with Crippen molar-refractivity contribution < 1.29 is 0 Å². The summed E-state index contributed by atoms with van der Waals surface area (Å²) in [6.45, 7) is 9.46. The monoisotopic (exact) mass is 334 g/mol. The maximum absolute atomic E-state index is 5.06. The lowest BCUT2D eigenvalue weighted by Gasteiger charge is -2.35. The fraction of sp³-hybridized carbons (Fsp3) is 0.381. The summed E-state index contributed by atoms with van der Waals surface area (Å²) < 4.78 is 2.38. The van der Waals surface area contributed by atoms with Crippen LogP contribution in [0.5, 0.6) is 0 Å². The number of nitrogens with one attached hydrogen (secondary N) is 1. The lowest BCUT2D eigenvalue weighted by atomic mass is 10.0. The summed E-state index contributed by atoms with van der Waals surface area (Å²) in [5, 5.41) is 3.47. The topological polar surface area (TPSA) is 33.1 Å². The first kappa shape index (κ1) is 16.3. The lowest BCUT2D eigenvalue weighted by molar-refractivity contribution is 0.190. The van der Waals surface area contributed by atoms with Crippen molar-refractivity contribution in [2.75, 3.05) is 26.2 Å². The molecule has 0 saturated carbocycles. The summed E-state index contributed by atoms with van der Waals surface area (Å²) in [4.78, 5) is 7.62. The van der Waals surface area contributed by atoms with Crippen LogP contribution in [0.3, 0.4) is 0 Å². The third-order valence-electron chi connectivity index (χ3n) is 5.15. The Hall–Kier alpha value is -2.17. The predicted molar refractivity (Wildman–Crippen MR) is 103 cm³/mol. The quantitative estimate of drug-likeness (QED) is 0.794. The van der Waals surface area contributed by atoms with Crippen LogP contribution >= 0.6 is 0 Å². The molecule has 1 aliphatic heterocycles. The summed E-state index contributed by atoms with van der Waals surface area (Å²) in [6.07, 6.45) is 0. The van der Waals surface area contributed by atoms with E-state index in [2.05, 4.69) is 77.2 Å². The number of rotatable bonds is 4. The number of imidazole rings is 1. The van der Waals surface area contributed by atoms with Crippen LogP contribution in [0, 0.1) is 6.92 Å². The second kappa shape index (κ2) is 6.98. The molecule has 1 N–H and O–H groups in total. The van der Waals surface area contributed by atoms with Crippen molar-refractivity contribution in [1.82, 2.24) is 19.8 Å². The van der Waals surface area contributed by atoms with Gasteiger partial charge in [0, 0.05) is 32.7 Å². The van der Waals surface area contributed by atoms with Gasteiger partial charge in [0.05, 0.1) is 17.1 Å². The van der Waals surface area contributed by atoms with Gasteiger partial charge in [-0.15, -0.1) is 0 Å². The molecule has 4 nitrogen and oxygen atoms in total. The minimum atomic E-state index is 0.204. The molecule has 25 heavy (non-hydrogen) atoms. The summed E-state index contributed by atoms with van der Waals surface area (Å²) >= 11 is 0. The Morgan fingerprint density at radius 2 is 1.76 bits per heavy atom. The molecular weight excluding hydrogens is 308 g/mol.